The fourth-order valence-corrected chi connectivity index (χ4v) is 3.12. The highest BCUT2D eigenvalue weighted by Crippen LogP contribution is 2.13. The lowest BCUT2D eigenvalue weighted by Crippen LogP contribution is -2.45. The highest BCUT2D eigenvalue weighted by atomic mass is 16.5. The topological polar surface area (TPSA) is 88.1 Å². The molecule has 2 aromatic rings. The van der Waals surface area contributed by atoms with Gasteiger partial charge in [-0.1, -0.05) is 42.5 Å². The van der Waals surface area contributed by atoms with Crippen molar-refractivity contribution in [2.45, 2.75) is 45.5 Å². The highest BCUT2D eigenvalue weighted by molar-refractivity contribution is 5.85. The van der Waals surface area contributed by atoms with Crippen molar-refractivity contribution in [1.82, 2.24) is 10.2 Å². The molecular formula is C24H32N2O5. The van der Waals surface area contributed by atoms with Crippen LogP contribution in [0.25, 0.3) is 0 Å². The fraction of sp³-hybridized carbons (Fsp3) is 0.417. The Kier molecular flexibility index (Phi) is 10.00. The monoisotopic (exact) mass is 428 g/mol. The van der Waals surface area contributed by atoms with Gasteiger partial charge in [0.2, 0.25) is 5.91 Å². The van der Waals surface area contributed by atoms with Crippen molar-refractivity contribution in [1.29, 1.82) is 0 Å². The Morgan fingerprint density at radius 2 is 1.71 bits per heavy atom. The summed E-state index contributed by atoms with van der Waals surface area (Å²) in [6.07, 6.45) is -0.0536. The van der Waals surface area contributed by atoms with Crippen LogP contribution in [-0.2, 0) is 27.5 Å². The Labute approximate surface area is 184 Å². The maximum atomic E-state index is 12.8. The average Bonchev–Trinajstić information content (AvgIpc) is 2.79. The Balaban J connectivity index is 2.06. The lowest BCUT2D eigenvalue weighted by atomic mass is 10.1. The summed E-state index contributed by atoms with van der Waals surface area (Å²) in [5, 5.41) is 12.4. The van der Waals surface area contributed by atoms with Crippen LogP contribution in [0.1, 0.15) is 31.4 Å². The summed E-state index contributed by atoms with van der Waals surface area (Å²) in [7, 11) is 1.60. The first kappa shape index (κ1) is 24.4. The van der Waals surface area contributed by atoms with Crippen molar-refractivity contribution >= 4 is 11.9 Å². The van der Waals surface area contributed by atoms with Crippen molar-refractivity contribution in [2.24, 2.45) is 0 Å². The number of ether oxygens (including phenoxy) is 2. The number of carbonyl (C=O) groups is 2. The lowest BCUT2D eigenvalue weighted by Gasteiger charge is -2.28. The van der Waals surface area contributed by atoms with Gasteiger partial charge in [0.05, 0.1) is 20.1 Å². The van der Waals surface area contributed by atoms with Crippen LogP contribution < -0.4 is 10.1 Å². The highest BCUT2D eigenvalue weighted by Gasteiger charge is 2.27. The van der Waals surface area contributed by atoms with E-state index in [-0.39, 0.29) is 38.1 Å². The molecule has 0 radical (unpaired) electrons. The van der Waals surface area contributed by atoms with E-state index >= 15 is 0 Å². The maximum absolute atomic E-state index is 12.8. The van der Waals surface area contributed by atoms with E-state index < -0.39 is 12.0 Å². The van der Waals surface area contributed by atoms with Gasteiger partial charge in [0.25, 0.3) is 0 Å². The summed E-state index contributed by atoms with van der Waals surface area (Å²) >= 11 is 0. The quantitative estimate of drug-likeness (QED) is 0.505. The minimum absolute atomic E-state index is 0.0536. The average molecular weight is 429 g/mol. The van der Waals surface area contributed by atoms with Gasteiger partial charge in [-0.25, -0.2) is 0 Å². The molecule has 0 spiro atoms. The number of aliphatic hydroxyl groups excluding tert-OH is 1. The molecule has 0 saturated carbocycles. The summed E-state index contributed by atoms with van der Waals surface area (Å²) in [5.74, 6) is 0.0423. The Morgan fingerprint density at radius 3 is 2.29 bits per heavy atom. The SMILES string of the molecule is COc1ccc(CNC(CC(=O)N(CCO)C(C)C)C(=O)OCc2ccccc2)cc1. The number of benzene rings is 2. The third-order valence-electron chi connectivity index (χ3n) is 4.88. The molecule has 7 heteroatoms. The summed E-state index contributed by atoms with van der Waals surface area (Å²) in [6.45, 7) is 4.37. The first-order valence-electron chi connectivity index (χ1n) is 10.4. The zero-order chi connectivity index (χ0) is 22.6. The third-order valence-corrected chi connectivity index (χ3v) is 4.88. The van der Waals surface area contributed by atoms with Gasteiger partial charge in [-0.15, -0.1) is 0 Å². The largest absolute Gasteiger partial charge is 0.497 e. The van der Waals surface area contributed by atoms with Gasteiger partial charge >= 0.3 is 5.97 Å². The van der Waals surface area contributed by atoms with Crippen molar-refractivity contribution in [3.05, 3.63) is 65.7 Å². The molecule has 0 heterocycles. The molecule has 0 aliphatic carbocycles. The number of methoxy groups -OCH3 is 1. The van der Waals surface area contributed by atoms with E-state index in [1.807, 2.05) is 68.4 Å². The number of rotatable bonds is 12. The molecule has 2 aromatic carbocycles. The first-order chi connectivity index (χ1) is 14.9. The Morgan fingerprint density at radius 1 is 1.03 bits per heavy atom. The van der Waals surface area contributed by atoms with E-state index in [9.17, 15) is 14.7 Å². The van der Waals surface area contributed by atoms with Crippen molar-refractivity contribution in [3.8, 4) is 5.75 Å². The summed E-state index contributed by atoms with van der Waals surface area (Å²) in [4.78, 5) is 27.2. The number of aliphatic hydroxyl groups is 1. The van der Waals surface area contributed by atoms with Crippen LogP contribution in [-0.4, -0.2) is 54.2 Å². The van der Waals surface area contributed by atoms with Gasteiger partial charge in [0, 0.05) is 19.1 Å². The van der Waals surface area contributed by atoms with E-state index in [2.05, 4.69) is 5.32 Å². The van der Waals surface area contributed by atoms with Crippen LogP contribution >= 0.6 is 0 Å². The van der Waals surface area contributed by atoms with Gasteiger partial charge < -0.3 is 19.5 Å². The molecule has 1 unspecified atom stereocenters. The van der Waals surface area contributed by atoms with Crippen molar-refractivity contribution < 1.29 is 24.2 Å². The van der Waals surface area contributed by atoms with Crippen LogP contribution in [0.3, 0.4) is 0 Å². The molecule has 0 aliphatic rings. The molecule has 2 N–H and O–H groups in total. The molecule has 2 rings (SSSR count). The summed E-state index contributed by atoms with van der Waals surface area (Å²) < 4.78 is 10.6. The van der Waals surface area contributed by atoms with Crippen molar-refractivity contribution in [3.63, 3.8) is 0 Å². The van der Waals surface area contributed by atoms with E-state index in [1.165, 1.54) is 0 Å². The van der Waals surface area contributed by atoms with Crippen molar-refractivity contribution in [2.75, 3.05) is 20.3 Å². The molecular weight excluding hydrogens is 396 g/mol. The molecule has 0 saturated heterocycles. The van der Waals surface area contributed by atoms with Crippen LogP contribution in [0.5, 0.6) is 5.75 Å². The summed E-state index contributed by atoms with van der Waals surface area (Å²) in [5.41, 5.74) is 1.82. The number of hydrogen-bond acceptors (Lipinski definition) is 6. The smallest absolute Gasteiger partial charge is 0.324 e. The predicted molar refractivity (Wildman–Crippen MR) is 118 cm³/mol. The zero-order valence-electron chi connectivity index (χ0n) is 18.4. The Bertz CT molecular complexity index is 808. The molecule has 0 aromatic heterocycles. The second-order valence-electron chi connectivity index (χ2n) is 7.48. The first-order valence-corrected chi connectivity index (χ1v) is 10.4. The van der Waals surface area contributed by atoms with Gasteiger partial charge in [0.1, 0.15) is 18.4 Å². The van der Waals surface area contributed by atoms with Gasteiger partial charge in [-0.05, 0) is 37.1 Å². The third kappa shape index (κ3) is 8.03. The van der Waals surface area contributed by atoms with E-state index in [0.29, 0.717) is 6.54 Å². The van der Waals surface area contributed by atoms with E-state index in [4.69, 9.17) is 9.47 Å². The number of nitrogens with zero attached hydrogens (tertiary/aromatic N) is 1. The zero-order valence-corrected chi connectivity index (χ0v) is 18.4. The Hall–Kier alpha value is -2.90. The molecule has 0 aliphatic heterocycles. The summed E-state index contributed by atoms with van der Waals surface area (Å²) in [6, 6.07) is 16.0. The second-order valence-corrected chi connectivity index (χ2v) is 7.48. The number of amides is 1. The maximum Gasteiger partial charge on any atom is 0.324 e. The van der Waals surface area contributed by atoms with Crippen LogP contribution in [0.15, 0.2) is 54.6 Å². The number of nitrogens with one attached hydrogen (secondary N) is 1. The molecule has 0 bridgehead atoms. The molecule has 168 valence electrons. The minimum Gasteiger partial charge on any atom is -0.497 e. The second kappa shape index (κ2) is 12.7. The van der Waals surface area contributed by atoms with Crippen LogP contribution in [0.2, 0.25) is 0 Å². The standard InChI is InChI=1S/C24H32N2O5/c1-18(2)26(13-14-27)23(28)15-22(24(29)31-17-20-7-5-4-6-8-20)25-16-19-9-11-21(30-3)12-10-19/h4-12,18,22,25,27H,13-17H2,1-3H3. The lowest BCUT2D eigenvalue weighted by molar-refractivity contribution is -0.150. The molecule has 1 atom stereocenters. The normalized spacial score (nSPS) is 11.8. The molecule has 0 fully saturated rings. The molecule has 1 amide bonds. The fourth-order valence-electron chi connectivity index (χ4n) is 3.12. The predicted octanol–water partition coefficient (Wildman–Crippen LogP) is 2.52. The molecule has 7 nitrogen and oxygen atoms in total. The minimum atomic E-state index is -0.807. The van der Waals surface area contributed by atoms with Gasteiger partial charge in [-0.3, -0.25) is 14.9 Å². The van der Waals surface area contributed by atoms with Gasteiger partial charge in [-0.2, -0.15) is 0 Å². The number of hydrogen-bond donors (Lipinski definition) is 2. The molecule has 31 heavy (non-hydrogen) atoms. The van der Waals surface area contributed by atoms with Gasteiger partial charge in [0.15, 0.2) is 0 Å². The number of esters is 1. The van der Waals surface area contributed by atoms with E-state index in [1.54, 1.807) is 12.0 Å². The van der Waals surface area contributed by atoms with Crippen LogP contribution in [0.4, 0.5) is 0 Å². The van der Waals surface area contributed by atoms with E-state index in [0.717, 1.165) is 16.9 Å². The van der Waals surface area contributed by atoms with Crippen LogP contribution in [0, 0.1) is 0 Å². The number of carbonyl (C=O) groups excluding carboxylic acids is 2.